The highest BCUT2D eigenvalue weighted by molar-refractivity contribution is 5.94. The summed E-state index contributed by atoms with van der Waals surface area (Å²) in [5.41, 5.74) is 2.25. The van der Waals surface area contributed by atoms with Gasteiger partial charge >= 0.3 is 0 Å². The summed E-state index contributed by atoms with van der Waals surface area (Å²) in [6.07, 6.45) is 0. The van der Waals surface area contributed by atoms with Crippen molar-refractivity contribution in [2.45, 2.75) is 13.2 Å². The van der Waals surface area contributed by atoms with E-state index in [0.29, 0.717) is 5.69 Å². The van der Waals surface area contributed by atoms with Crippen molar-refractivity contribution in [1.82, 2.24) is 5.32 Å². The summed E-state index contributed by atoms with van der Waals surface area (Å²) in [5, 5.41) is 11.9. The Kier molecular flexibility index (Phi) is 5.12. The standard InChI is InChI=1S/C17H19FN2O2/c1-20(2)14-7-8-15(16(18)9-14)17(22)19-10-12-5-3-4-6-13(12)11-21/h3-9,21H,10-11H2,1-2H3,(H,19,22). The summed E-state index contributed by atoms with van der Waals surface area (Å²) in [6, 6.07) is 11.7. The monoisotopic (exact) mass is 302 g/mol. The fraction of sp³-hybridized carbons (Fsp3) is 0.235. The summed E-state index contributed by atoms with van der Waals surface area (Å²) in [5.74, 6) is -1.03. The van der Waals surface area contributed by atoms with Crippen LogP contribution in [0.25, 0.3) is 0 Å². The van der Waals surface area contributed by atoms with Crippen LogP contribution in [0.3, 0.4) is 0 Å². The van der Waals surface area contributed by atoms with Crippen LogP contribution in [-0.2, 0) is 13.2 Å². The Balaban J connectivity index is 2.09. The number of benzene rings is 2. The van der Waals surface area contributed by atoms with Crippen LogP contribution >= 0.6 is 0 Å². The molecule has 2 aromatic rings. The van der Waals surface area contributed by atoms with Gasteiger partial charge in [0.2, 0.25) is 0 Å². The SMILES string of the molecule is CN(C)c1ccc(C(=O)NCc2ccccc2CO)c(F)c1. The zero-order valence-electron chi connectivity index (χ0n) is 12.6. The lowest BCUT2D eigenvalue weighted by Crippen LogP contribution is -2.24. The number of amides is 1. The summed E-state index contributed by atoms with van der Waals surface area (Å²) < 4.78 is 14.0. The molecule has 0 fully saturated rings. The van der Waals surface area contributed by atoms with Gasteiger partial charge in [-0.25, -0.2) is 4.39 Å². The first-order chi connectivity index (χ1) is 10.5. The molecule has 0 spiro atoms. The Labute approximate surface area is 129 Å². The van der Waals surface area contributed by atoms with Crippen molar-refractivity contribution in [3.63, 3.8) is 0 Å². The molecule has 116 valence electrons. The molecule has 0 aromatic heterocycles. The summed E-state index contributed by atoms with van der Waals surface area (Å²) in [7, 11) is 3.61. The molecular formula is C17H19FN2O2. The average Bonchev–Trinajstić information content (AvgIpc) is 2.52. The van der Waals surface area contributed by atoms with Crippen LogP contribution in [0.4, 0.5) is 10.1 Å². The van der Waals surface area contributed by atoms with E-state index < -0.39 is 11.7 Å². The van der Waals surface area contributed by atoms with Crippen molar-refractivity contribution in [1.29, 1.82) is 0 Å². The molecule has 2 N–H and O–H groups in total. The van der Waals surface area contributed by atoms with E-state index in [9.17, 15) is 14.3 Å². The molecule has 0 saturated carbocycles. The lowest BCUT2D eigenvalue weighted by atomic mass is 10.1. The molecule has 22 heavy (non-hydrogen) atoms. The number of halogens is 1. The van der Waals surface area contributed by atoms with Gasteiger partial charge in [0, 0.05) is 26.3 Å². The van der Waals surface area contributed by atoms with Crippen molar-refractivity contribution in [2.24, 2.45) is 0 Å². The third-order valence-corrected chi connectivity index (χ3v) is 3.44. The highest BCUT2D eigenvalue weighted by Crippen LogP contribution is 2.17. The third kappa shape index (κ3) is 3.62. The quantitative estimate of drug-likeness (QED) is 0.891. The molecule has 0 saturated heterocycles. The van der Waals surface area contributed by atoms with Crippen LogP contribution in [0.5, 0.6) is 0 Å². The van der Waals surface area contributed by atoms with E-state index in [1.54, 1.807) is 31.1 Å². The first kappa shape index (κ1) is 16.0. The van der Waals surface area contributed by atoms with Gasteiger partial charge < -0.3 is 15.3 Å². The number of nitrogens with zero attached hydrogens (tertiary/aromatic N) is 1. The maximum Gasteiger partial charge on any atom is 0.254 e. The van der Waals surface area contributed by atoms with Crippen LogP contribution in [0, 0.1) is 5.82 Å². The predicted molar refractivity (Wildman–Crippen MR) is 84.3 cm³/mol. The van der Waals surface area contributed by atoms with E-state index in [2.05, 4.69) is 5.32 Å². The summed E-state index contributed by atoms with van der Waals surface area (Å²) in [6.45, 7) is 0.141. The molecule has 1 amide bonds. The molecule has 0 radical (unpaired) electrons. The zero-order chi connectivity index (χ0) is 16.1. The van der Waals surface area contributed by atoms with Gasteiger partial charge in [0.25, 0.3) is 5.91 Å². The normalized spacial score (nSPS) is 10.4. The second kappa shape index (κ2) is 7.04. The highest BCUT2D eigenvalue weighted by atomic mass is 19.1. The fourth-order valence-electron chi connectivity index (χ4n) is 2.12. The lowest BCUT2D eigenvalue weighted by molar-refractivity contribution is 0.0946. The van der Waals surface area contributed by atoms with Gasteiger partial charge in [-0.15, -0.1) is 0 Å². The van der Waals surface area contributed by atoms with Crippen molar-refractivity contribution in [2.75, 3.05) is 19.0 Å². The number of rotatable bonds is 5. The molecule has 0 bridgehead atoms. The molecule has 0 unspecified atom stereocenters. The van der Waals surface area contributed by atoms with Crippen molar-refractivity contribution in [3.8, 4) is 0 Å². The van der Waals surface area contributed by atoms with Crippen LogP contribution in [0.15, 0.2) is 42.5 Å². The van der Waals surface area contributed by atoms with Gasteiger partial charge in [-0.3, -0.25) is 4.79 Å². The minimum absolute atomic E-state index is 0.00656. The number of hydrogen-bond donors (Lipinski definition) is 2. The van der Waals surface area contributed by atoms with Gasteiger partial charge in [0.1, 0.15) is 5.82 Å². The lowest BCUT2D eigenvalue weighted by Gasteiger charge is -2.14. The Hall–Kier alpha value is -2.40. The Bertz CT molecular complexity index is 671. The Morgan fingerprint density at radius 1 is 1.18 bits per heavy atom. The molecule has 4 nitrogen and oxygen atoms in total. The van der Waals surface area contributed by atoms with Gasteiger partial charge in [-0.1, -0.05) is 24.3 Å². The van der Waals surface area contributed by atoms with Crippen LogP contribution in [-0.4, -0.2) is 25.1 Å². The molecule has 2 aromatic carbocycles. The Morgan fingerprint density at radius 3 is 2.45 bits per heavy atom. The number of anilines is 1. The van der Waals surface area contributed by atoms with Gasteiger partial charge in [0.15, 0.2) is 0 Å². The van der Waals surface area contributed by atoms with Crippen molar-refractivity contribution >= 4 is 11.6 Å². The van der Waals surface area contributed by atoms with Crippen molar-refractivity contribution in [3.05, 3.63) is 65.0 Å². The topological polar surface area (TPSA) is 52.6 Å². The molecule has 0 heterocycles. The zero-order valence-corrected chi connectivity index (χ0v) is 12.6. The average molecular weight is 302 g/mol. The molecule has 0 aliphatic carbocycles. The smallest absolute Gasteiger partial charge is 0.254 e. The predicted octanol–water partition coefficient (Wildman–Crippen LogP) is 2.31. The van der Waals surface area contributed by atoms with Crippen LogP contribution < -0.4 is 10.2 Å². The third-order valence-electron chi connectivity index (χ3n) is 3.44. The molecule has 5 heteroatoms. The second-order valence-electron chi connectivity index (χ2n) is 5.17. The fourth-order valence-corrected chi connectivity index (χ4v) is 2.12. The number of aliphatic hydroxyl groups excluding tert-OH is 1. The minimum atomic E-state index is -0.556. The van der Waals surface area contributed by atoms with E-state index in [1.807, 2.05) is 18.2 Å². The molecule has 0 aliphatic heterocycles. The maximum atomic E-state index is 14.0. The molecular weight excluding hydrogens is 283 g/mol. The summed E-state index contributed by atoms with van der Waals surface area (Å²) >= 11 is 0. The van der Waals surface area contributed by atoms with E-state index in [1.165, 1.54) is 12.1 Å². The largest absolute Gasteiger partial charge is 0.392 e. The van der Waals surface area contributed by atoms with Gasteiger partial charge in [-0.2, -0.15) is 0 Å². The van der Waals surface area contributed by atoms with E-state index in [-0.39, 0.29) is 18.7 Å². The van der Waals surface area contributed by atoms with Gasteiger partial charge in [-0.05, 0) is 29.3 Å². The van der Waals surface area contributed by atoms with Crippen molar-refractivity contribution < 1.29 is 14.3 Å². The molecule has 0 aliphatic rings. The van der Waals surface area contributed by atoms with E-state index in [0.717, 1.165) is 11.1 Å². The van der Waals surface area contributed by atoms with E-state index in [4.69, 9.17) is 0 Å². The minimum Gasteiger partial charge on any atom is -0.392 e. The van der Waals surface area contributed by atoms with E-state index >= 15 is 0 Å². The highest BCUT2D eigenvalue weighted by Gasteiger charge is 2.13. The maximum absolute atomic E-state index is 14.0. The first-order valence-corrected chi connectivity index (χ1v) is 6.95. The molecule has 2 rings (SSSR count). The number of carbonyl (C=O) groups is 1. The molecule has 0 atom stereocenters. The number of carbonyl (C=O) groups excluding carboxylic acids is 1. The second-order valence-corrected chi connectivity index (χ2v) is 5.17. The number of hydrogen-bond acceptors (Lipinski definition) is 3. The van der Waals surface area contributed by atoms with Gasteiger partial charge in [0.05, 0.1) is 12.2 Å². The Morgan fingerprint density at radius 2 is 1.86 bits per heavy atom. The first-order valence-electron chi connectivity index (χ1n) is 6.95. The summed E-state index contributed by atoms with van der Waals surface area (Å²) in [4.78, 5) is 13.9. The van der Waals surface area contributed by atoms with Crippen LogP contribution in [0.1, 0.15) is 21.5 Å². The van der Waals surface area contributed by atoms with Crippen LogP contribution in [0.2, 0.25) is 0 Å². The number of nitrogens with one attached hydrogen (secondary N) is 1. The number of aliphatic hydroxyl groups is 1.